The number of amides is 1. The summed E-state index contributed by atoms with van der Waals surface area (Å²) in [6.07, 6.45) is 3.15. The quantitative estimate of drug-likeness (QED) is 0.420. The molecule has 0 radical (unpaired) electrons. The highest BCUT2D eigenvalue weighted by atomic mass is 32.1. The van der Waals surface area contributed by atoms with Gasteiger partial charge in [0, 0.05) is 29.2 Å². The average Bonchev–Trinajstić information content (AvgIpc) is 3.09. The first-order valence-electron chi connectivity index (χ1n) is 7.36. The number of carbonyl (C=O) groups is 1. The summed E-state index contributed by atoms with van der Waals surface area (Å²) in [5.41, 5.74) is 2.14. The Balaban J connectivity index is 1.69. The van der Waals surface area contributed by atoms with Crippen molar-refractivity contribution in [1.29, 1.82) is 0 Å². The number of aromatic nitrogens is 1. The predicted octanol–water partition coefficient (Wildman–Crippen LogP) is 4.37. The maximum atomic E-state index is 12.0. The number of non-ortho nitro benzene ring substituents is 1. The fourth-order valence-corrected chi connectivity index (χ4v) is 2.85. The summed E-state index contributed by atoms with van der Waals surface area (Å²) in [7, 11) is 0. The number of hydrogen-bond donors (Lipinski definition) is 1. The van der Waals surface area contributed by atoms with Crippen molar-refractivity contribution in [2.75, 3.05) is 5.32 Å². The van der Waals surface area contributed by atoms with Gasteiger partial charge in [-0.2, -0.15) is 0 Å². The van der Waals surface area contributed by atoms with Crippen molar-refractivity contribution >= 4 is 34.1 Å². The zero-order chi connectivity index (χ0) is 17.6. The summed E-state index contributed by atoms with van der Waals surface area (Å²) in [5, 5.41) is 15.7. The van der Waals surface area contributed by atoms with Crippen LogP contribution >= 0.6 is 11.3 Å². The number of nitrogens with zero attached hydrogens (tertiary/aromatic N) is 2. The number of carbonyl (C=O) groups excluding carboxylic acids is 1. The summed E-state index contributed by atoms with van der Waals surface area (Å²) in [4.78, 5) is 26.7. The van der Waals surface area contributed by atoms with Crippen LogP contribution in [-0.4, -0.2) is 15.8 Å². The van der Waals surface area contributed by atoms with E-state index >= 15 is 0 Å². The number of thiazole rings is 1. The van der Waals surface area contributed by atoms with E-state index in [4.69, 9.17) is 0 Å². The minimum Gasteiger partial charge on any atom is -0.298 e. The number of rotatable bonds is 5. The third-order valence-corrected chi connectivity index (χ3v) is 4.07. The fraction of sp³-hybridized carbons (Fsp3) is 0. The lowest BCUT2D eigenvalue weighted by atomic mass is 10.1. The lowest BCUT2D eigenvalue weighted by molar-refractivity contribution is -0.384. The largest absolute Gasteiger partial charge is 0.298 e. The van der Waals surface area contributed by atoms with Crippen LogP contribution in [0, 0.1) is 10.1 Å². The van der Waals surface area contributed by atoms with Gasteiger partial charge in [-0.15, -0.1) is 11.3 Å². The van der Waals surface area contributed by atoms with Crippen LogP contribution in [0.5, 0.6) is 0 Å². The highest BCUT2D eigenvalue weighted by Crippen LogP contribution is 2.27. The van der Waals surface area contributed by atoms with Crippen molar-refractivity contribution in [2.45, 2.75) is 0 Å². The van der Waals surface area contributed by atoms with Crippen LogP contribution in [0.15, 0.2) is 66.1 Å². The molecule has 0 atom stereocenters. The van der Waals surface area contributed by atoms with Gasteiger partial charge in [0.1, 0.15) is 0 Å². The first-order valence-corrected chi connectivity index (χ1v) is 8.24. The summed E-state index contributed by atoms with van der Waals surface area (Å²) < 4.78 is 0. The van der Waals surface area contributed by atoms with E-state index in [0.29, 0.717) is 16.4 Å². The Morgan fingerprint density at radius 1 is 1.16 bits per heavy atom. The van der Waals surface area contributed by atoms with E-state index in [1.807, 2.05) is 30.3 Å². The van der Waals surface area contributed by atoms with Gasteiger partial charge >= 0.3 is 0 Å². The molecule has 0 saturated carbocycles. The van der Waals surface area contributed by atoms with E-state index in [1.54, 1.807) is 23.6 Å². The van der Waals surface area contributed by atoms with Crippen LogP contribution in [0.2, 0.25) is 0 Å². The lowest BCUT2D eigenvalue weighted by Gasteiger charge is -1.98. The van der Waals surface area contributed by atoms with Crippen molar-refractivity contribution in [3.05, 3.63) is 81.7 Å². The molecule has 124 valence electrons. The molecule has 7 heteroatoms. The van der Waals surface area contributed by atoms with E-state index in [-0.39, 0.29) is 11.6 Å². The standard InChI is InChI=1S/C18H13N3O3S/c22-17(10-9-13-5-2-1-3-6-13)20-18-19-16(12-25-18)14-7-4-8-15(11-14)21(23)24/h1-12H,(H,19,20,22)/b10-9+. The molecule has 0 aliphatic heterocycles. The highest BCUT2D eigenvalue weighted by molar-refractivity contribution is 7.14. The van der Waals surface area contributed by atoms with Crippen LogP contribution in [0.25, 0.3) is 17.3 Å². The summed E-state index contributed by atoms with van der Waals surface area (Å²) in [6, 6.07) is 15.7. The van der Waals surface area contributed by atoms with Crippen LogP contribution in [0.1, 0.15) is 5.56 Å². The SMILES string of the molecule is O=C(/C=C/c1ccccc1)Nc1nc(-c2cccc([N+](=O)[O-])c2)cs1. The Bertz CT molecular complexity index is 936. The van der Waals surface area contributed by atoms with E-state index in [9.17, 15) is 14.9 Å². The number of nitrogens with one attached hydrogen (secondary N) is 1. The molecule has 2 aromatic carbocycles. The molecule has 0 aliphatic carbocycles. The van der Waals surface area contributed by atoms with E-state index in [0.717, 1.165) is 5.56 Å². The van der Waals surface area contributed by atoms with Gasteiger partial charge in [0.05, 0.1) is 10.6 Å². The van der Waals surface area contributed by atoms with Gasteiger partial charge in [-0.1, -0.05) is 42.5 Å². The van der Waals surface area contributed by atoms with Gasteiger partial charge in [-0.25, -0.2) is 4.98 Å². The van der Waals surface area contributed by atoms with Crippen LogP contribution in [0.3, 0.4) is 0 Å². The van der Waals surface area contributed by atoms with Gasteiger partial charge in [-0.3, -0.25) is 20.2 Å². The van der Waals surface area contributed by atoms with Crippen LogP contribution in [0.4, 0.5) is 10.8 Å². The van der Waals surface area contributed by atoms with Gasteiger partial charge in [0.2, 0.25) is 5.91 Å². The molecule has 0 saturated heterocycles. The van der Waals surface area contributed by atoms with E-state index in [2.05, 4.69) is 10.3 Å². The second kappa shape index (κ2) is 7.50. The Hall–Kier alpha value is -3.32. The molecule has 3 aromatic rings. The molecule has 0 bridgehead atoms. The molecule has 0 aliphatic rings. The number of nitro benzene ring substituents is 1. The molecule has 1 aromatic heterocycles. The summed E-state index contributed by atoms with van der Waals surface area (Å²) in [5.74, 6) is -0.288. The maximum Gasteiger partial charge on any atom is 0.270 e. The predicted molar refractivity (Wildman–Crippen MR) is 98.3 cm³/mol. The highest BCUT2D eigenvalue weighted by Gasteiger charge is 2.10. The molecule has 6 nitrogen and oxygen atoms in total. The van der Waals surface area contributed by atoms with Crippen LogP contribution < -0.4 is 5.32 Å². The van der Waals surface area contributed by atoms with Gasteiger partial charge in [-0.05, 0) is 11.6 Å². The molecule has 0 unspecified atom stereocenters. The van der Waals surface area contributed by atoms with Gasteiger partial charge in [0.25, 0.3) is 5.69 Å². The van der Waals surface area contributed by atoms with Crippen molar-refractivity contribution in [2.24, 2.45) is 0 Å². The number of benzene rings is 2. The summed E-state index contributed by atoms with van der Waals surface area (Å²) in [6.45, 7) is 0. The topological polar surface area (TPSA) is 85.1 Å². The Kier molecular flexibility index (Phi) is 4.96. The molecule has 25 heavy (non-hydrogen) atoms. The first-order chi connectivity index (χ1) is 12.1. The number of anilines is 1. The molecule has 0 fully saturated rings. The number of nitro groups is 1. The van der Waals surface area contributed by atoms with E-state index in [1.165, 1.54) is 29.5 Å². The third kappa shape index (κ3) is 4.36. The van der Waals surface area contributed by atoms with E-state index < -0.39 is 4.92 Å². The van der Waals surface area contributed by atoms with Crippen molar-refractivity contribution < 1.29 is 9.72 Å². The van der Waals surface area contributed by atoms with Crippen molar-refractivity contribution in [3.8, 4) is 11.3 Å². The molecular weight excluding hydrogens is 338 g/mol. The second-order valence-corrected chi connectivity index (χ2v) is 5.94. The fourth-order valence-electron chi connectivity index (χ4n) is 2.13. The lowest BCUT2D eigenvalue weighted by Crippen LogP contribution is -2.07. The normalized spacial score (nSPS) is 10.7. The zero-order valence-electron chi connectivity index (χ0n) is 13.0. The van der Waals surface area contributed by atoms with Gasteiger partial charge in [0.15, 0.2) is 5.13 Å². The molecule has 3 rings (SSSR count). The molecule has 1 amide bonds. The summed E-state index contributed by atoms with van der Waals surface area (Å²) >= 11 is 1.26. The zero-order valence-corrected chi connectivity index (χ0v) is 13.8. The smallest absolute Gasteiger partial charge is 0.270 e. The van der Waals surface area contributed by atoms with Gasteiger partial charge < -0.3 is 0 Å². The Morgan fingerprint density at radius 2 is 1.96 bits per heavy atom. The Labute approximate surface area is 147 Å². The minimum absolute atomic E-state index is 0.00174. The first kappa shape index (κ1) is 16.5. The number of hydrogen-bond acceptors (Lipinski definition) is 5. The monoisotopic (exact) mass is 351 g/mol. The molecular formula is C18H13N3O3S. The molecule has 1 N–H and O–H groups in total. The maximum absolute atomic E-state index is 12.0. The van der Waals surface area contributed by atoms with Crippen molar-refractivity contribution in [3.63, 3.8) is 0 Å². The Morgan fingerprint density at radius 3 is 2.72 bits per heavy atom. The van der Waals surface area contributed by atoms with Crippen molar-refractivity contribution in [1.82, 2.24) is 4.98 Å². The second-order valence-electron chi connectivity index (χ2n) is 5.08. The average molecular weight is 351 g/mol. The third-order valence-electron chi connectivity index (χ3n) is 3.31. The minimum atomic E-state index is -0.451. The van der Waals surface area contributed by atoms with Crippen LogP contribution in [-0.2, 0) is 4.79 Å². The molecule has 1 heterocycles. The molecule has 0 spiro atoms.